The first-order chi connectivity index (χ1) is 17.3. The molecule has 1 amide bonds. The lowest BCUT2D eigenvalue weighted by atomic mass is 10.00. The molecule has 1 N–H and O–H groups in total. The van der Waals surface area contributed by atoms with Gasteiger partial charge in [0.1, 0.15) is 23.0 Å². The van der Waals surface area contributed by atoms with Crippen molar-refractivity contribution in [1.82, 2.24) is 5.32 Å². The molecule has 0 aliphatic heterocycles. The van der Waals surface area contributed by atoms with Gasteiger partial charge in [-0.3, -0.25) is 9.10 Å². The van der Waals surface area contributed by atoms with Gasteiger partial charge in [0.2, 0.25) is 10.9 Å². The normalized spacial score (nSPS) is 13.4. The molecule has 1 saturated carbocycles. The minimum absolute atomic E-state index is 0.110. The molecule has 0 atom stereocenters. The van der Waals surface area contributed by atoms with Crippen LogP contribution in [-0.2, 0) is 17.4 Å². The molecule has 4 aromatic rings. The molecule has 1 aliphatic carbocycles. The molecule has 1 aromatic heterocycles. The summed E-state index contributed by atoms with van der Waals surface area (Å²) >= 11 is 3.21. The fourth-order valence-electron chi connectivity index (χ4n) is 4.29. The van der Waals surface area contributed by atoms with E-state index in [1.807, 2.05) is 0 Å². The number of nitrogens with one attached hydrogen (secondary N) is 1. The highest BCUT2D eigenvalue weighted by molar-refractivity contribution is 9.10. The van der Waals surface area contributed by atoms with Gasteiger partial charge in [-0.25, -0.2) is 17.2 Å². The maximum absolute atomic E-state index is 14.6. The van der Waals surface area contributed by atoms with Crippen LogP contribution in [0.2, 0.25) is 0 Å². The Morgan fingerprint density at radius 3 is 2.44 bits per heavy atom. The molecule has 36 heavy (non-hydrogen) atoms. The highest BCUT2D eigenvalue weighted by Crippen LogP contribution is 2.48. The van der Waals surface area contributed by atoms with Gasteiger partial charge in [0, 0.05) is 34.1 Å². The average molecular weight is 575 g/mol. The smallest absolute Gasteiger partial charge is 0.255 e. The molecule has 0 unspecified atom stereocenters. The van der Waals surface area contributed by atoms with Gasteiger partial charge in [0.25, 0.3) is 5.91 Å². The Hall–Kier alpha value is -3.24. The first kappa shape index (κ1) is 24.5. The number of amides is 1. The van der Waals surface area contributed by atoms with Crippen LogP contribution in [0, 0.1) is 11.6 Å². The van der Waals surface area contributed by atoms with Gasteiger partial charge in [-0.2, -0.15) is 0 Å². The fourth-order valence-corrected chi connectivity index (χ4v) is 5.24. The number of rotatable bonds is 7. The lowest BCUT2D eigenvalue weighted by Crippen LogP contribution is -2.22. The van der Waals surface area contributed by atoms with Crippen LogP contribution in [-0.4, -0.2) is 21.4 Å². The number of carbonyl (C=O) groups excluding carboxylic acids is 1. The molecule has 0 radical (unpaired) electrons. The summed E-state index contributed by atoms with van der Waals surface area (Å²) in [5.41, 5.74) is 2.43. The molecule has 10 heteroatoms. The van der Waals surface area contributed by atoms with E-state index >= 15 is 0 Å². The van der Waals surface area contributed by atoms with E-state index < -0.39 is 22.5 Å². The Labute approximate surface area is 216 Å². The van der Waals surface area contributed by atoms with Crippen molar-refractivity contribution in [2.24, 2.45) is 0 Å². The minimum atomic E-state index is -3.12. The van der Waals surface area contributed by atoms with E-state index in [9.17, 15) is 22.0 Å². The van der Waals surface area contributed by atoms with Gasteiger partial charge >= 0.3 is 0 Å². The number of thiol groups is 1. The molecular weight excluding hydrogens is 554 g/mol. The highest BCUT2D eigenvalue weighted by Gasteiger charge is 2.32. The van der Waals surface area contributed by atoms with Crippen LogP contribution in [0.3, 0.4) is 0 Å². The number of hydrogen-bond acceptors (Lipinski definition) is 4. The van der Waals surface area contributed by atoms with Crippen molar-refractivity contribution in [1.29, 1.82) is 0 Å². The monoisotopic (exact) mass is 574 g/mol. The first-order valence-electron chi connectivity index (χ1n) is 11.2. The maximum Gasteiger partial charge on any atom is 0.255 e. The second-order valence-electron chi connectivity index (χ2n) is 8.60. The minimum Gasteiger partial charge on any atom is -0.455 e. The van der Waals surface area contributed by atoms with Gasteiger partial charge in [-0.15, -0.1) is 0 Å². The zero-order chi connectivity index (χ0) is 25.6. The zero-order valence-corrected chi connectivity index (χ0v) is 21.5. The SMILES string of the molecule is CNC(=O)c1c(-c2ccc(F)cc2)oc2cc(N(Cc3ccc(Br)cc3F)[SH](=O)=O)c(C3CC3)cc12. The second-order valence-corrected chi connectivity index (χ2v) is 10.5. The summed E-state index contributed by atoms with van der Waals surface area (Å²) in [7, 11) is -1.62. The van der Waals surface area contributed by atoms with Crippen LogP contribution in [0.5, 0.6) is 0 Å². The molecular formula is C26H21BrF2N2O4S. The second kappa shape index (κ2) is 9.67. The van der Waals surface area contributed by atoms with E-state index in [0.29, 0.717) is 26.7 Å². The average Bonchev–Trinajstić information content (AvgIpc) is 3.63. The van der Waals surface area contributed by atoms with Crippen LogP contribution >= 0.6 is 15.9 Å². The van der Waals surface area contributed by atoms with E-state index in [0.717, 1.165) is 22.7 Å². The van der Waals surface area contributed by atoms with E-state index in [1.165, 1.54) is 43.4 Å². The first-order valence-corrected chi connectivity index (χ1v) is 13.1. The van der Waals surface area contributed by atoms with Crippen LogP contribution < -0.4 is 9.62 Å². The predicted octanol–water partition coefficient (Wildman–Crippen LogP) is 5.91. The maximum atomic E-state index is 14.6. The third-order valence-corrected chi connectivity index (χ3v) is 7.47. The number of anilines is 1. The quantitative estimate of drug-likeness (QED) is 0.269. The standard InChI is InChI=1S/C26H21BrF2N2O4S/c1-30-26(32)24-20-11-19(14-2-3-14)22(12-23(20)35-25(24)15-5-8-18(28)9-6-15)31(36(33)34)13-16-4-7-17(27)10-21(16)29/h4-12,14,36H,2-3,13H2,1H3,(H,30,32). The van der Waals surface area contributed by atoms with E-state index in [4.69, 9.17) is 4.42 Å². The van der Waals surface area contributed by atoms with Gasteiger partial charge in [-0.1, -0.05) is 22.0 Å². The van der Waals surface area contributed by atoms with Crippen molar-refractivity contribution in [3.05, 3.63) is 87.4 Å². The fraction of sp³-hybridized carbons (Fsp3) is 0.192. The molecule has 186 valence electrons. The van der Waals surface area contributed by atoms with Crippen molar-refractivity contribution in [3.8, 4) is 11.3 Å². The Morgan fingerprint density at radius 2 is 1.83 bits per heavy atom. The molecule has 5 rings (SSSR count). The molecule has 3 aromatic carbocycles. The van der Waals surface area contributed by atoms with Crippen LogP contribution in [0.4, 0.5) is 14.5 Å². The van der Waals surface area contributed by atoms with Crippen molar-refractivity contribution >= 4 is 49.4 Å². The summed E-state index contributed by atoms with van der Waals surface area (Å²) in [6, 6.07) is 13.4. The number of fused-ring (bicyclic) bond motifs is 1. The Balaban J connectivity index is 1.70. The number of benzene rings is 3. The van der Waals surface area contributed by atoms with Gasteiger partial charge < -0.3 is 9.73 Å². The number of carbonyl (C=O) groups is 1. The van der Waals surface area contributed by atoms with Crippen LogP contribution in [0.25, 0.3) is 22.3 Å². The summed E-state index contributed by atoms with van der Waals surface area (Å²) < 4.78 is 60.6. The highest BCUT2D eigenvalue weighted by atomic mass is 79.9. The molecule has 0 bridgehead atoms. The van der Waals surface area contributed by atoms with Crippen LogP contribution in [0.1, 0.15) is 40.2 Å². The van der Waals surface area contributed by atoms with Crippen LogP contribution in [0.15, 0.2) is 63.5 Å². The third kappa shape index (κ3) is 4.62. The summed E-state index contributed by atoms with van der Waals surface area (Å²) in [5, 5.41) is 3.14. The largest absolute Gasteiger partial charge is 0.455 e. The number of furan rings is 1. The summed E-state index contributed by atoms with van der Waals surface area (Å²) in [6.07, 6.45) is 1.74. The zero-order valence-electron chi connectivity index (χ0n) is 19.1. The predicted molar refractivity (Wildman–Crippen MR) is 138 cm³/mol. The number of halogens is 3. The molecule has 0 saturated heterocycles. The van der Waals surface area contributed by atoms with E-state index in [-0.39, 0.29) is 35.3 Å². The molecule has 0 spiro atoms. The molecule has 6 nitrogen and oxygen atoms in total. The van der Waals surface area contributed by atoms with Crippen molar-refractivity contribution in [2.75, 3.05) is 11.4 Å². The van der Waals surface area contributed by atoms with Gasteiger partial charge in [0.05, 0.1) is 17.8 Å². The van der Waals surface area contributed by atoms with E-state index in [2.05, 4.69) is 21.2 Å². The summed E-state index contributed by atoms with van der Waals surface area (Å²) in [4.78, 5) is 12.9. The van der Waals surface area contributed by atoms with Crippen molar-refractivity contribution in [3.63, 3.8) is 0 Å². The van der Waals surface area contributed by atoms with Gasteiger partial charge in [0.15, 0.2) is 0 Å². The topological polar surface area (TPSA) is 79.6 Å². The number of nitrogens with zero attached hydrogens (tertiary/aromatic N) is 1. The Bertz CT molecular complexity index is 1550. The Morgan fingerprint density at radius 1 is 1.11 bits per heavy atom. The Kier molecular flexibility index (Phi) is 6.57. The summed E-state index contributed by atoms with van der Waals surface area (Å²) in [5.74, 6) is -0.978. The lowest BCUT2D eigenvalue weighted by molar-refractivity contribution is 0.0964. The molecule has 1 aliphatic rings. The van der Waals surface area contributed by atoms with Gasteiger partial charge in [-0.05, 0) is 66.8 Å². The van der Waals surface area contributed by atoms with E-state index in [1.54, 1.807) is 18.2 Å². The lowest BCUT2D eigenvalue weighted by Gasteiger charge is -2.21. The third-order valence-electron chi connectivity index (χ3n) is 6.23. The molecule has 1 fully saturated rings. The van der Waals surface area contributed by atoms with Crippen molar-refractivity contribution < 1.29 is 26.4 Å². The van der Waals surface area contributed by atoms with Crippen molar-refractivity contribution in [2.45, 2.75) is 25.3 Å². The number of hydrogen-bond donors (Lipinski definition) is 2. The molecule has 1 heterocycles. The summed E-state index contributed by atoms with van der Waals surface area (Å²) in [6.45, 7) is -0.198.